The average molecular weight is 460 g/mol. The minimum Gasteiger partial charge on any atom is -0.398 e. The van der Waals surface area contributed by atoms with Crippen molar-refractivity contribution in [2.75, 3.05) is 11.1 Å². The van der Waals surface area contributed by atoms with Crippen LogP contribution < -0.4 is 16.4 Å². The van der Waals surface area contributed by atoms with Crippen LogP contribution >= 0.6 is 0 Å². The zero-order valence-electron chi connectivity index (χ0n) is 17.9. The second-order valence-electron chi connectivity index (χ2n) is 8.04. The van der Waals surface area contributed by atoms with Crippen molar-refractivity contribution in [2.45, 2.75) is 32.0 Å². The molecule has 0 aliphatic carbocycles. The first-order valence-corrected chi connectivity index (χ1v) is 10.6. The highest BCUT2D eigenvalue weighted by Crippen LogP contribution is 2.32. The Morgan fingerprint density at radius 2 is 2.06 bits per heavy atom. The number of carbonyl (C=O) groups excluding carboxylic acids is 4. The summed E-state index contributed by atoms with van der Waals surface area (Å²) in [5, 5.41) is 13.1. The van der Waals surface area contributed by atoms with Crippen LogP contribution in [0.15, 0.2) is 42.9 Å². The summed E-state index contributed by atoms with van der Waals surface area (Å²) < 4.78 is 1.38. The number of fused-ring (bicyclic) bond motifs is 1. The van der Waals surface area contributed by atoms with Crippen LogP contribution in [-0.2, 0) is 27.5 Å². The largest absolute Gasteiger partial charge is 0.398 e. The van der Waals surface area contributed by atoms with Gasteiger partial charge in [-0.25, -0.2) is 4.68 Å². The third kappa shape index (κ3) is 3.85. The molecule has 2 aliphatic rings. The average Bonchev–Trinajstić information content (AvgIpc) is 3.39. The van der Waals surface area contributed by atoms with Crippen molar-refractivity contribution in [3.63, 3.8) is 0 Å². The van der Waals surface area contributed by atoms with Gasteiger partial charge >= 0.3 is 0 Å². The molecule has 0 saturated carbocycles. The van der Waals surface area contributed by atoms with Crippen molar-refractivity contribution in [1.82, 2.24) is 30.2 Å². The van der Waals surface area contributed by atoms with Crippen LogP contribution in [-0.4, -0.2) is 54.5 Å². The van der Waals surface area contributed by atoms with E-state index in [1.54, 1.807) is 42.9 Å². The quantitative estimate of drug-likeness (QED) is 0.458. The summed E-state index contributed by atoms with van der Waals surface area (Å²) in [7, 11) is 0. The fourth-order valence-electron chi connectivity index (χ4n) is 4.16. The number of hydrogen-bond donors (Lipinski definition) is 3. The van der Waals surface area contributed by atoms with Gasteiger partial charge in [-0.3, -0.25) is 29.5 Å². The van der Waals surface area contributed by atoms with Gasteiger partial charge in [0.05, 0.1) is 6.20 Å². The molecule has 4 amide bonds. The molecular formula is C22H20N8O4. The summed E-state index contributed by atoms with van der Waals surface area (Å²) in [6.07, 6.45) is 5.17. The molecule has 0 radical (unpaired) electrons. The van der Waals surface area contributed by atoms with Gasteiger partial charge < -0.3 is 16.0 Å². The molecule has 0 bridgehead atoms. The van der Waals surface area contributed by atoms with Crippen molar-refractivity contribution >= 4 is 35.0 Å². The number of imide groups is 1. The Morgan fingerprint density at radius 1 is 1.21 bits per heavy atom. The van der Waals surface area contributed by atoms with Crippen LogP contribution in [0.3, 0.4) is 0 Å². The Morgan fingerprint density at radius 3 is 2.85 bits per heavy atom. The second kappa shape index (κ2) is 8.39. The summed E-state index contributed by atoms with van der Waals surface area (Å²) in [6, 6.07) is 5.94. The molecule has 0 spiro atoms. The number of nitrogens with two attached hydrogens (primary N) is 1. The molecule has 34 heavy (non-hydrogen) atoms. The molecule has 12 nitrogen and oxygen atoms in total. The minimum absolute atomic E-state index is 0.109. The van der Waals surface area contributed by atoms with E-state index in [9.17, 15) is 19.2 Å². The van der Waals surface area contributed by atoms with Crippen LogP contribution in [0.25, 0.3) is 11.3 Å². The van der Waals surface area contributed by atoms with Crippen molar-refractivity contribution in [3.8, 4) is 11.3 Å². The molecule has 4 N–H and O–H groups in total. The molecule has 172 valence electrons. The van der Waals surface area contributed by atoms with Crippen LogP contribution in [0.5, 0.6) is 0 Å². The maximum atomic E-state index is 12.9. The fraction of sp³-hybridized carbons (Fsp3) is 0.227. The van der Waals surface area contributed by atoms with E-state index in [0.29, 0.717) is 33.8 Å². The predicted octanol–water partition coefficient (Wildman–Crippen LogP) is 0.322. The van der Waals surface area contributed by atoms with Crippen LogP contribution in [0, 0.1) is 0 Å². The molecule has 1 aromatic carbocycles. The maximum Gasteiger partial charge on any atom is 0.255 e. The number of nitrogens with one attached hydrogen (secondary N) is 2. The van der Waals surface area contributed by atoms with Crippen LogP contribution in [0.1, 0.15) is 28.8 Å². The zero-order valence-corrected chi connectivity index (χ0v) is 17.9. The highest BCUT2D eigenvalue weighted by molar-refractivity contribution is 6.06. The van der Waals surface area contributed by atoms with Gasteiger partial charge in [0.2, 0.25) is 17.7 Å². The highest BCUT2D eigenvalue weighted by atomic mass is 16.2. The Balaban J connectivity index is 1.30. The third-order valence-electron chi connectivity index (χ3n) is 5.83. The number of pyridine rings is 1. The van der Waals surface area contributed by atoms with E-state index in [1.807, 2.05) is 0 Å². The zero-order chi connectivity index (χ0) is 23.8. The highest BCUT2D eigenvalue weighted by Gasteiger charge is 2.39. The van der Waals surface area contributed by atoms with E-state index in [2.05, 4.69) is 25.9 Å². The van der Waals surface area contributed by atoms with E-state index in [0.717, 1.165) is 0 Å². The Hall–Kier alpha value is -4.61. The first-order chi connectivity index (χ1) is 16.4. The van der Waals surface area contributed by atoms with Crippen LogP contribution in [0.2, 0.25) is 0 Å². The molecule has 2 aromatic heterocycles. The van der Waals surface area contributed by atoms with Gasteiger partial charge in [0, 0.05) is 53.4 Å². The number of amides is 4. The lowest BCUT2D eigenvalue weighted by Crippen LogP contribution is -2.52. The predicted molar refractivity (Wildman–Crippen MR) is 119 cm³/mol. The van der Waals surface area contributed by atoms with Gasteiger partial charge in [0.25, 0.3) is 5.91 Å². The number of benzene rings is 1. The molecule has 2 aliphatic heterocycles. The standard InChI is InChI=1S/C22H20N8O4/c23-15-6-7-24-8-13(15)17-10-29(28-27-17)11-20(32)25-16-3-1-2-12-14(16)9-30(22(12)34)18-4-5-19(31)26-21(18)33/h1-3,6-8,10,18H,4-5,9,11H2,(H2,23,24)(H,25,32)(H,26,31,33). The van der Waals surface area contributed by atoms with Gasteiger partial charge in [-0.2, -0.15) is 0 Å². The van der Waals surface area contributed by atoms with E-state index in [4.69, 9.17) is 5.73 Å². The summed E-state index contributed by atoms with van der Waals surface area (Å²) in [4.78, 5) is 54.8. The van der Waals surface area contributed by atoms with Gasteiger partial charge in [0.15, 0.2) is 0 Å². The monoisotopic (exact) mass is 460 g/mol. The number of nitrogen functional groups attached to an aromatic ring is 1. The van der Waals surface area contributed by atoms with E-state index in [-0.39, 0.29) is 43.7 Å². The number of hydrogen-bond acceptors (Lipinski definition) is 8. The second-order valence-corrected chi connectivity index (χ2v) is 8.04. The van der Waals surface area contributed by atoms with E-state index >= 15 is 0 Å². The van der Waals surface area contributed by atoms with E-state index < -0.39 is 11.9 Å². The lowest BCUT2D eigenvalue weighted by molar-refractivity contribution is -0.137. The van der Waals surface area contributed by atoms with Gasteiger partial charge in [-0.15, -0.1) is 5.10 Å². The number of nitrogens with zero attached hydrogens (tertiary/aromatic N) is 5. The summed E-state index contributed by atoms with van der Waals surface area (Å²) >= 11 is 0. The molecule has 3 aromatic rings. The van der Waals surface area contributed by atoms with Gasteiger partial charge in [-0.1, -0.05) is 11.3 Å². The van der Waals surface area contributed by atoms with Crippen LogP contribution in [0.4, 0.5) is 11.4 Å². The van der Waals surface area contributed by atoms with E-state index in [1.165, 1.54) is 9.58 Å². The Bertz CT molecular complexity index is 1330. The summed E-state index contributed by atoms with van der Waals surface area (Å²) in [5.74, 6) is -1.51. The molecule has 1 saturated heterocycles. The number of carbonyl (C=O) groups is 4. The number of anilines is 2. The molecular weight excluding hydrogens is 440 g/mol. The molecule has 1 unspecified atom stereocenters. The molecule has 1 atom stereocenters. The Kier molecular flexibility index (Phi) is 5.24. The fourth-order valence-corrected chi connectivity index (χ4v) is 4.16. The van der Waals surface area contributed by atoms with Crippen molar-refractivity contribution in [1.29, 1.82) is 0 Å². The maximum absolute atomic E-state index is 12.9. The van der Waals surface area contributed by atoms with Gasteiger partial charge in [0.1, 0.15) is 18.3 Å². The number of rotatable bonds is 5. The SMILES string of the molecule is Nc1ccncc1-c1cn(CC(=O)Nc2cccc3c2CN(C2CCC(=O)NC2=O)C3=O)nn1. The Labute approximate surface area is 193 Å². The third-order valence-corrected chi connectivity index (χ3v) is 5.83. The van der Waals surface area contributed by atoms with Crippen molar-refractivity contribution in [3.05, 3.63) is 54.0 Å². The van der Waals surface area contributed by atoms with Crippen molar-refractivity contribution < 1.29 is 19.2 Å². The topological polar surface area (TPSA) is 165 Å². The molecule has 5 rings (SSSR count). The lowest BCUT2D eigenvalue weighted by Gasteiger charge is -2.29. The number of piperidine rings is 1. The summed E-state index contributed by atoms with van der Waals surface area (Å²) in [6.45, 7) is 0.0479. The first kappa shape index (κ1) is 21.2. The lowest BCUT2D eigenvalue weighted by atomic mass is 10.0. The molecule has 12 heteroatoms. The van der Waals surface area contributed by atoms with Crippen molar-refractivity contribution in [2.24, 2.45) is 0 Å². The normalized spacial score (nSPS) is 17.5. The smallest absolute Gasteiger partial charge is 0.255 e. The first-order valence-electron chi connectivity index (χ1n) is 10.6. The summed E-state index contributed by atoms with van der Waals surface area (Å²) in [5.41, 5.74) is 9.05. The molecule has 4 heterocycles. The number of aromatic nitrogens is 4. The van der Waals surface area contributed by atoms with Gasteiger partial charge in [-0.05, 0) is 24.6 Å². The minimum atomic E-state index is -0.727. The molecule has 1 fully saturated rings.